The third kappa shape index (κ3) is 3.15. The van der Waals surface area contributed by atoms with E-state index in [1.54, 1.807) is 0 Å². The van der Waals surface area contributed by atoms with E-state index >= 15 is 0 Å². The third-order valence-electron chi connectivity index (χ3n) is 2.03. The smallest absolute Gasteiger partial charge is 0.0303 e. The van der Waals surface area contributed by atoms with E-state index in [1.807, 2.05) is 26.2 Å². The van der Waals surface area contributed by atoms with Crippen molar-refractivity contribution in [2.24, 2.45) is 5.73 Å². The first kappa shape index (κ1) is 10.2. The van der Waals surface area contributed by atoms with E-state index in [1.165, 1.54) is 11.1 Å². The van der Waals surface area contributed by atoms with Crippen molar-refractivity contribution in [2.75, 3.05) is 0 Å². The largest absolute Gasteiger partial charge is 0.325 e. The minimum atomic E-state index is -0.146. The Kier molecular flexibility index (Phi) is 3.04. The molecule has 2 heteroatoms. The van der Waals surface area contributed by atoms with Crippen molar-refractivity contribution < 1.29 is 0 Å². The zero-order valence-corrected chi connectivity index (χ0v) is 8.67. The number of aryl methyl sites for hydroxylation is 1. The molecule has 2 nitrogen and oxygen atoms in total. The Morgan fingerprint density at radius 3 is 2.62 bits per heavy atom. The predicted octanol–water partition coefficient (Wildman–Crippen LogP) is 1.92. The van der Waals surface area contributed by atoms with Gasteiger partial charge in [0.05, 0.1) is 0 Å². The fourth-order valence-electron chi connectivity index (χ4n) is 1.45. The Labute approximate surface area is 80.2 Å². The first-order valence-electron chi connectivity index (χ1n) is 4.73. The summed E-state index contributed by atoms with van der Waals surface area (Å²) >= 11 is 0. The lowest BCUT2D eigenvalue weighted by atomic mass is 9.93. The minimum absolute atomic E-state index is 0.146. The summed E-state index contributed by atoms with van der Waals surface area (Å²) in [6.07, 6.45) is 5.71. The van der Waals surface area contributed by atoms with Gasteiger partial charge in [0.2, 0.25) is 0 Å². The average molecular weight is 178 g/mol. The zero-order valence-electron chi connectivity index (χ0n) is 8.67. The summed E-state index contributed by atoms with van der Waals surface area (Å²) in [6, 6.07) is 2.07. The van der Waals surface area contributed by atoms with Crippen LogP contribution in [0.15, 0.2) is 18.5 Å². The van der Waals surface area contributed by atoms with Crippen molar-refractivity contribution in [3.8, 4) is 0 Å². The maximum atomic E-state index is 5.96. The number of nitrogens with zero attached hydrogens (tertiary/aromatic N) is 1. The van der Waals surface area contributed by atoms with Crippen LogP contribution in [0.5, 0.6) is 0 Å². The zero-order chi connectivity index (χ0) is 9.90. The maximum absolute atomic E-state index is 5.96. The number of aromatic nitrogens is 1. The second-order valence-electron chi connectivity index (χ2n) is 4.16. The first-order valence-corrected chi connectivity index (χ1v) is 4.73. The lowest BCUT2D eigenvalue weighted by Crippen LogP contribution is -2.34. The van der Waals surface area contributed by atoms with Gasteiger partial charge in [-0.25, -0.2) is 0 Å². The maximum Gasteiger partial charge on any atom is 0.0303 e. The number of hydrogen-bond donors (Lipinski definition) is 1. The molecule has 72 valence electrons. The second kappa shape index (κ2) is 3.88. The summed E-state index contributed by atoms with van der Waals surface area (Å²) in [5.41, 5.74) is 8.45. The standard InChI is InChI=1S/C11H18N2/c1-4-9-5-6-13-8-10(9)7-11(2,3)12/h5-6,8H,4,7,12H2,1-3H3. The predicted molar refractivity (Wildman–Crippen MR) is 55.6 cm³/mol. The molecule has 1 heterocycles. The Balaban J connectivity index is 2.87. The van der Waals surface area contributed by atoms with Crippen molar-refractivity contribution in [2.45, 2.75) is 39.2 Å². The van der Waals surface area contributed by atoms with E-state index in [4.69, 9.17) is 5.73 Å². The molecule has 0 fully saturated rings. The van der Waals surface area contributed by atoms with Gasteiger partial charge in [0, 0.05) is 17.9 Å². The summed E-state index contributed by atoms with van der Waals surface area (Å²) in [5, 5.41) is 0. The summed E-state index contributed by atoms with van der Waals surface area (Å²) in [6.45, 7) is 6.24. The third-order valence-corrected chi connectivity index (χ3v) is 2.03. The molecule has 0 saturated carbocycles. The fraction of sp³-hybridized carbons (Fsp3) is 0.545. The molecule has 1 rings (SSSR count). The second-order valence-corrected chi connectivity index (χ2v) is 4.16. The molecular weight excluding hydrogens is 160 g/mol. The molecule has 1 aromatic heterocycles. The lowest BCUT2D eigenvalue weighted by Gasteiger charge is -2.19. The summed E-state index contributed by atoms with van der Waals surface area (Å²) in [7, 11) is 0. The van der Waals surface area contributed by atoms with Gasteiger partial charge >= 0.3 is 0 Å². The molecule has 0 aliphatic heterocycles. The summed E-state index contributed by atoms with van der Waals surface area (Å²) in [5.74, 6) is 0. The van der Waals surface area contributed by atoms with E-state index in [9.17, 15) is 0 Å². The van der Waals surface area contributed by atoms with Crippen LogP contribution in [0.2, 0.25) is 0 Å². The molecule has 0 aromatic carbocycles. The van der Waals surface area contributed by atoms with Gasteiger partial charge in [-0.15, -0.1) is 0 Å². The molecular formula is C11H18N2. The van der Waals surface area contributed by atoms with E-state index in [2.05, 4.69) is 18.0 Å². The van der Waals surface area contributed by atoms with Crippen molar-refractivity contribution in [3.63, 3.8) is 0 Å². The molecule has 0 bridgehead atoms. The van der Waals surface area contributed by atoms with Gasteiger partial charge in [-0.1, -0.05) is 6.92 Å². The van der Waals surface area contributed by atoms with E-state index in [0.717, 1.165) is 12.8 Å². The van der Waals surface area contributed by atoms with E-state index in [-0.39, 0.29) is 5.54 Å². The molecule has 0 unspecified atom stereocenters. The Bertz CT molecular complexity index is 274. The Morgan fingerprint density at radius 1 is 1.38 bits per heavy atom. The van der Waals surface area contributed by atoms with Gasteiger partial charge in [0.1, 0.15) is 0 Å². The monoisotopic (exact) mass is 178 g/mol. The van der Waals surface area contributed by atoms with Gasteiger partial charge < -0.3 is 5.73 Å². The van der Waals surface area contributed by atoms with Crippen LogP contribution in [0, 0.1) is 0 Å². The molecule has 0 aliphatic carbocycles. The van der Waals surface area contributed by atoms with Gasteiger partial charge in [-0.05, 0) is 43.9 Å². The van der Waals surface area contributed by atoms with Gasteiger partial charge in [0.15, 0.2) is 0 Å². The van der Waals surface area contributed by atoms with Crippen molar-refractivity contribution in [1.82, 2.24) is 4.98 Å². The van der Waals surface area contributed by atoms with Gasteiger partial charge in [-0.3, -0.25) is 4.98 Å². The van der Waals surface area contributed by atoms with Crippen LogP contribution in [0.3, 0.4) is 0 Å². The van der Waals surface area contributed by atoms with Gasteiger partial charge in [-0.2, -0.15) is 0 Å². The molecule has 13 heavy (non-hydrogen) atoms. The van der Waals surface area contributed by atoms with Crippen LogP contribution in [0.1, 0.15) is 31.9 Å². The highest BCUT2D eigenvalue weighted by Crippen LogP contribution is 2.14. The first-order chi connectivity index (χ1) is 6.03. The molecule has 0 atom stereocenters. The number of hydrogen-bond acceptors (Lipinski definition) is 2. The highest BCUT2D eigenvalue weighted by atomic mass is 14.7. The summed E-state index contributed by atoms with van der Waals surface area (Å²) < 4.78 is 0. The quantitative estimate of drug-likeness (QED) is 0.768. The topological polar surface area (TPSA) is 38.9 Å². The molecule has 2 N–H and O–H groups in total. The van der Waals surface area contributed by atoms with Gasteiger partial charge in [0.25, 0.3) is 0 Å². The SMILES string of the molecule is CCc1ccncc1CC(C)(C)N. The Morgan fingerprint density at radius 2 is 2.08 bits per heavy atom. The normalized spacial score (nSPS) is 11.7. The molecule has 0 radical (unpaired) electrons. The molecule has 0 aliphatic rings. The fourth-order valence-corrected chi connectivity index (χ4v) is 1.45. The highest BCUT2D eigenvalue weighted by molar-refractivity contribution is 5.24. The molecule has 1 aromatic rings. The molecule has 0 amide bonds. The van der Waals surface area contributed by atoms with E-state index in [0.29, 0.717) is 0 Å². The number of nitrogens with two attached hydrogens (primary N) is 1. The molecule has 0 spiro atoms. The molecule has 0 saturated heterocycles. The van der Waals surface area contributed by atoms with Crippen LogP contribution < -0.4 is 5.73 Å². The van der Waals surface area contributed by atoms with Crippen molar-refractivity contribution >= 4 is 0 Å². The van der Waals surface area contributed by atoms with Crippen LogP contribution >= 0.6 is 0 Å². The summed E-state index contributed by atoms with van der Waals surface area (Å²) in [4.78, 5) is 4.12. The van der Waals surface area contributed by atoms with Crippen molar-refractivity contribution in [3.05, 3.63) is 29.6 Å². The average Bonchev–Trinajstić information content (AvgIpc) is 2.02. The van der Waals surface area contributed by atoms with Crippen LogP contribution in [-0.2, 0) is 12.8 Å². The number of pyridine rings is 1. The lowest BCUT2D eigenvalue weighted by molar-refractivity contribution is 0.514. The van der Waals surface area contributed by atoms with Crippen LogP contribution in [0.4, 0.5) is 0 Å². The van der Waals surface area contributed by atoms with Crippen LogP contribution in [0.25, 0.3) is 0 Å². The van der Waals surface area contributed by atoms with Crippen LogP contribution in [-0.4, -0.2) is 10.5 Å². The Hall–Kier alpha value is -0.890. The number of rotatable bonds is 3. The van der Waals surface area contributed by atoms with E-state index < -0.39 is 0 Å². The van der Waals surface area contributed by atoms with Crippen molar-refractivity contribution in [1.29, 1.82) is 0 Å². The minimum Gasteiger partial charge on any atom is -0.325 e. The highest BCUT2D eigenvalue weighted by Gasteiger charge is 2.13.